The Hall–Kier alpha value is -1.95. The molecular weight excluding hydrogens is 220 g/mol. The first-order chi connectivity index (χ1) is 8.11. The van der Waals surface area contributed by atoms with Crippen molar-refractivity contribution in [3.05, 3.63) is 35.9 Å². The van der Waals surface area contributed by atoms with Gasteiger partial charge in [0.2, 0.25) is 0 Å². The third-order valence-corrected chi connectivity index (χ3v) is 1.82. The number of nitrogens with zero attached hydrogens (tertiary/aromatic N) is 2. The second kappa shape index (κ2) is 9.29. The van der Waals surface area contributed by atoms with Gasteiger partial charge in [0.05, 0.1) is 7.05 Å². The van der Waals surface area contributed by atoms with E-state index in [4.69, 9.17) is 10.8 Å². The molecule has 4 N–H and O–H groups in total. The highest BCUT2D eigenvalue weighted by atomic mass is 16.4. The van der Waals surface area contributed by atoms with Crippen LogP contribution in [0.3, 0.4) is 0 Å². The number of hydrogen-bond acceptors (Lipinski definition) is 4. The summed E-state index contributed by atoms with van der Waals surface area (Å²) in [5, 5.41) is 15.2. The molecule has 0 spiro atoms. The number of carbonyl (C=O) groups is 1. The van der Waals surface area contributed by atoms with Crippen molar-refractivity contribution in [2.45, 2.75) is 12.5 Å². The average Bonchev–Trinajstić information content (AvgIpc) is 2.32. The lowest BCUT2D eigenvalue weighted by atomic mass is 10.1. The minimum Gasteiger partial charge on any atom is -0.480 e. The molecule has 0 amide bonds. The minimum atomic E-state index is -0.959. The lowest BCUT2D eigenvalue weighted by molar-refractivity contribution is -0.138. The second-order valence-corrected chi connectivity index (χ2v) is 3.16. The highest BCUT2D eigenvalue weighted by molar-refractivity contribution is 5.73. The first kappa shape index (κ1) is 15.0. The van der Waals surface area contributed by atoms with E-state index in [1.54, 1.807) is 14.1 Å². The highest BCUT2D eigenvalue weighted by Gasteiger charge is 2.10. The Morgan fingerprint density at radius 2 is 2.06 bits per heavy atom. The van der Waals surface area contributed by atoms with Gasteiger partial charge >= 0.3 is 5.97 Å². The van der Waals surface area contributed by atoms with Crippen molar-refractivity contribution in [2.75, 3.05) is 14.1 Å². The van der Waals surface area contributed by atoms with Crippen LogP contribution in [0.15, 0.2) is 40.7 Å². The molecule has 0 aliphatic heterocycles. The number of nitrogens with two attached hydrogens (primary N) is 1. The van der Waals surface area contributed by atoms with Crippen molar-refractivity contribution in [1.82, 2.24) is 5.43 Å². The Bertz CT molecular complexity index is 341. The molecule has 6 nitrogen and oxygen atoms in total. The molecule has 0 radical (unpaired) electrons. The molecule has 6 heteroatoms. The van der Waals surface area contributed by atoms with Crippen molar-refractivity contribution < 1.29 is 9.90 Å². The van der Waals surface area contributed by atoms with Crippen LogP contribution in [0.1, 0.15) is 5.56 Å². The Labute approximate surface area is 101 Å². The molecule has 0 aliphatic rings. The summed E-state index contributed by atoms with van der Waals surface area (Å²) in [4.78, 5) is 10.4. The third kappa shape index (κ3) is 7.92. The van der Waals surface area contributed by atoms with E-state index >= 15 is 0 Å². The zero-order valence-corrected chi connectivity index (χ0v) is 10.00. The smallest absolute Gasteiger partial charge is 0.320 e. The Balaban J connectivity index is 0.000000437. The maximum atomic E-state index is 10.4. The molecule has 0 heterocycles. The Morgan fingerprint density at radius 3 is 2.41 bits per heavy atom. The molecule has 0 saturated heterocycles. The molecule has 1 aromatic carbocycles. The second-order valence-electron chi connectivity index (χ2n) is 3.16. The van der Waals surface area contributed by atoms with Gasteiger partial charge in [-0.2, -0.15) is 5.11 Å². The first-order valence-corrected chi connectivity index (χ1v) is 5.09. The molecule has 0 aliphatic carbocycles. The van der Waals surface area contributed by atoms with Gasteiger partial charge in [0.1, 0.15) is 6.04 Å². The van der Waals surface area contributed by atoms with Crippen LogP contribution in [-0.4, -0.2) is 31.2 Å². The van der Waals surface area contributed by atoms with Gasteiger partial charge in [0.25, 0.3) is 0 Å². The zero-order valence-electron chi connectivity index (χ0n) is 10.00. The lowest BCUT2D eigenvalue weighted by Crippen LogP contribution is -2.32. The van der Waals surface area contributed by atoms with E-state index in [1.165, 1.54) is 0 Å². The van der Waals surface area contributed by atoms with Crippen LogP contribution >= 0.6 is 0 Å². The molecule has 0 saturated carbocycles. The van der Waals surface area contributed by atoms with Crippen LogP contribution in [0.4, 0.5) is 0 Å². The van der Waals surface area contributed by atoms with Crippen LogP contribution in [-0.2, 0) is 11.2 Å². The van der Waals surface area contributed by atoms with E-state index < -0.39 is 12.0 Å². The summed E-state index contributed by atoms with van der Waals surface area (Å²) in [5.74, 6) is -0.959. The van der Waals surface area contributed by atoms with Crippen LogP contribution in [0.5, 0.6) is 0 Å². The van der Waals surface area contributed by atoms with E-state index in [-0.39, 0.29) is 0 Å². The van der Waals surface area contributed by atoms with Gasteiger partial charge in [0, 0.05) is 7.05 Å². The number of rotatable bonds is 4. The van der Waals surface area contributed by atoms with E-state index in [1.807, 2.05) is 30.3 Å². The number of hydrogen-bond donors (Lipinski definition) is 3. The minimum absolute atomic E-state index is 0.385. The molecule has 0 unspecified atom stereocenters. The van der Waals surface area contributed by atoms with Crippen LogP contribution in [0, 0.1) is 0 Å². The van der Waals surface area contributed by atoms with Gasteiger partial charge in [0.15, 0.2) is 0 Å². The van der Waals surface area contributed by atoms with Gasteiger partial charge in [-0.05, 0) is 12.0 Å². The summed E-state index contributed by atoms with van der Waals surface area (Å²) >= 11 is 0. The molecule has 1 rings (SSSR count). The Morgan fingerprint density at radius 1 is 1.47 bits per heavy atom. The fraction of sp³-hybridized carbons (Fsp3) is 0.364. The van der Waals surface area contributed by atoms with E-state index in [0.717, 1.165) is 5.56 Å². The molecule has 0 fully saturated rings. The van der Waals surface area contributed by atoms with Crippen molar-refractivity contribution in [1.29, 1.82) is 0 Å². The summed E-state index contributed by atoms with van der Waals surface area (Å²) in [6.07, 6.45) is 0.385. The third-order valence-electron chi connectivity index (χ3n) is 1.82. The number of carboxylic acid groups (broad SMARTS) is 1. The van der Waals surface area contributed by atoms with Crippen molar-refractivity contribution in [3.63, 3.8) is 0 Å². The van der Waals surface area contributed by atoms with Crippen LogP contribution in [0.2, 0.25) is 0 Å². The lowest BCUT2D eigenvalue weighted by Gasteiger charge is -2.04. The molecule has 1 aromatic rings. The van der Waals surface area contributed by atoms with Gasteiger partial charge in [-0.3, -0.25) is 10.2 Å². The predicted molar refractivity (Wildman–Crippen MR) is 65.6 cm³/mol. The zero-order chi connectivity index (χ0) is 13.1. The van der Waals surface area contributed by atoms with Crippen molar-refractivity contribution in [2.24, 2.45) is 16.1 Å². The van der Waals surface area contributed by atoms with Crippen LogP contribution < -0.4 is 11.2 Å². The molecule has 94 valence electrons. The summed E-state index contributed by atoms with van der Waals surface area (Å²) in [7, 11) is 3.31. The van der Waals surface area contributed by atoms with Gasteiger partial charge in [-0.25, -0.2) is 0 Å². The summed E-state index contributed by atoms with van der Waals surface area (Å²) < 4.78 is 0. The SMILES string of the molecule is CN=NNC.N[C@@H](Cc1ccccc1)C(=O)O. The number of nitrogens with one attached hydrogen (secondary N) is 1. The van der Waals surface area contributed by atoms with Gasteiger partial charge < -0.3 is 10.8 Å². The maximum Gasteiger partial charge on any atom is 0.320 e. The number of carboxylic acids is 1. The largest absolute Gasteiger partial charge is 0.480 e. The molecule has 0 aromatic heterocycles. The Kier molecular flexibility index (Phi) is 8.22. The molecule has 1 atom stereocenters. The van der Waals surface area contributed by atoms with E-state index in [0.29, 0.717) is 6.42 Å². The molecule has 17 heavy (non-hydrogen) atoms. The number of aliphatic carboxylic acids is 1. The summed E-state index contributed by atoms with van der Waals surface area (Å²) in [5.41, 5.74) is 8.78. The summed E-state index contributed by atoms with van der Waals surface area (Å²) in [6, 6.07) is 8.54. The fourth-order valence-corrected chi connectivity index (χ4v) is 1.06. The predicted octanol–water partition coefficient (Wildman–Crippen LogP) is 0.844. The average molecular weight is 238 g/mol. The summed E-state index contributed by atoms with van der Waals surface area (Å²) in [6.45, 7) is 0. The maximum absolute atomic E-state index is 10.4. The van der Waals surface area contributed by atoms with E-state index in [2.05, 4.69) is 15.8 Å². The fourth-order valence-electron chi connectivity index (χ4n) is 1.06. The highest BCUT2D eigenvalue weighted by Crippen LogP contribution is 2.01. The van der Waals surface area contributed by atoms with Crippen molar-refractivity contribution in [3.8, 4) is 0 Å². The van der Waals surface area contributed by atoms with Gasteiger partial charge in [-0.15, -0.1) is 0 Å². The number of benzene rings is 1. The van der Waals surface area contributed by atoms with Gasteiger partial charge in [-0.1, -0.05) is 35.6 Å². The molecular formula is C11H18N4O2. The topological polar surface area (TPSA) is 100 Å². The van der Waals surface area contributed by atoms with Crippen molar-refractivity contribution >= 4 is 5.97 Å². The van der Waals surface area contributed by atoms with Crippen LogP contribution in [0.25, 0.3) is 0 Å². The normalized spacial score (nSPS) is 11.5. The quantitative estimate of drug-likeness (QED) is 0.534. The molecule has 0 bridgehead atoms. The van der Waals surface area contributed by atoms with E-state index in [9.17, 15) is 4.79 Å². The first-order valence-electron chi connectivity index (χ1n) is 5.09. The standard InChI is InChI=1S/C9H11NO2.C2H7N3/c10-8(9(11)12)6-7-4-2-1-3-5-7;1-3-5-4-2/h1-5,8H,6,10H2,(H,11,12);1-2H3,(H,3,4)/t8-;/m0./s1. The monoisotopic (exact) mass is 238 g/mol.